The van der Waals surface area contributed by atoms with Crippen LogP contribution in [-0.2, 0) is 14.3 Å². The van der Waals surface area contributed by atoms with Crippen LogP contribution in [0.25, 0.3) is 0 Å². The van der Waals surface area contributed by atoms with Crippen molar-refractivity contribution in [3.63, 3.8) is 0 Å². The van der Waals surface area contributed by atoms with Crippen LogP contribution in [0.2, 0.25) is 0 Å². The molecule has 1 amide bonds. The van der Waals surface area contributed by atoms with Gasteiger partial charge in [0.25, 0.3) is 0 Å². The molecule has 0 aromatic rings. The predicted octanol–water partition coefficient (Wildman–Crippen LogP) is 7.89. The Morgan fingerprint density at radius 1 is 0.544 bits per heavy atom. The lowest BCUT2D eigenvalue weighted by Crippen LogP contribution is -2.60. The molecule has 0 unspecified atom stereocenters. The fourth-order valence-electron chi connectivity index (χ4n) is 7.91. The van der Waals surface area contributed by atoms with Crippen LogP contribution in [0.3, 0.4) is 0 Å². The van der Waals surface area contributed by atoms with Crippen LogP contribution < -0.4 is 5.32 Å². The third-order valence-electron chi connectivity index (χ3n) is 11.9. The molecule has 1 heterocycles. The lowest BCUT2D eigenvalue weighted by Gasteiger charge is -2.40. The summed E-state index contributed by atoms with van der Waals surface area (Å²) in [5, 5.41) is 75.6. The van der Waals surface area contributed by atoms with E-state index in [1.165, 1.54) is 141 Å². The largest absolute Gasteiger partial charge is 0.394 e. The number of ether oxygens (including phenoxy) is 2. The Balaban J connectivity index is 2.37. The van der Waals surface area contributed by atoms with Crippen molar-refractivity contribution in [3.8, 4) is 0 Å². The molecule has 0 saturated carbocycles. The highest BCUT2D eigenvalue weighted by Gasteiger charge is 2.44. The van der Waals surface area contributed by atoms with Crippen LogP contribution in [0.1, 0.15) is 219 Å². The Kier molecular flexibility index (Phi) is 35.1. The van der Waals surface area contributed by atoms with Crippen molar-refractivity contribution in [3.05, 3.63) is 0 Å². The number of unbranched alkanes of at least 4 members (excludes halogenated alkanes) is 28. The summed E-state index contributed by atoms with van der Waals surface area (Å²) in [5.41, 5.74) is 0. The van der Waals surface area contributed by atoms with Gasteiger partial charge in [-0.2, -0.15) is 0 Å². The van der Waals surface area contributed by atoms with Crippen molar-refractivity contribution in [2.45, 2.75) is 274 Å². The quantitative estimate of drug-likeness (QED) is 0.0283. The molecule has 11 heteroatoms. The molecule has 340 valence electrons. The van der Waals surface area contributed by atoms with Gasteiger partial charge in [-0.15, -0.1) is 0 Å². The SMILES string of the molecule is CCCCCCCCCCCCCCCCCCCCCC[C@@H](O)C(=O)N[C@@H](CO[C@@H]1O[C@H](CO)[C@H](O)[C@H](O)[C@@H]1O)[C@H](O)[C@H](O)CCCCCCCCCCCC. The summed E-state index contributed by atoms with van der Waals surface area (Å²) >= 11 is 0. The Morgan fingerprint density at radius 3 is 1.30 bits per heavy atom. The van der Waals surface area contributed by atoms with Crippen LogP contribution in [-0.4, -0.2) is 110 Å². The van der Waals surface area contributed by atoms with Gasteiger partial charge in [-0.3, -0.25) is 4.79 Å². The molecule has 1 fully saturated rings. The Hall–Kier alpha value is -0.890. The number of hydrogen-bond donors (Lipinski definition) is 8. The Morgan fingerprint density at radius 2 is 0.912 bits per heavy atom. The second-order valence-electron chi connectivity index (χ2n) is 17.2. The zero-order valence-corrected chi connectivity index (χ0v) is 36.6. The third-order valence-corrected chi connectivity index (χ3v) is 11.9. The number of hydrogen-bond acceptors (Lipinski definition) is 10. The van der Waals surface area contributed by atoms with Crippen LogP contribution in [0, 0.1) is 0 Å². The van der Waals surface area contributed by atoms with E-state index in [1.807, 2.05) is 0 Å². The lowest BCUT2D eigenvalue weighted by molar-refractivity contribution is -0.303. The minimum absolute atomic E-state index is 0.266. The molecule has 0 aromatic heterocycles. The fraction of sp³-hybridized carbons (Fsp3) is 0.978. The first kappa shape index (κ1) is 54.1. The van der Waals surface area contributed by atoms with Gasteiger partial charge in [-0.25, -0.2) is 0 Å². The molecular weight excluding hydrogens is 727 g/mol. The summed E-state index contributed by atoms with van der Waals surface area (Å²) in [6.07, 6.45) is 25.9. The predicted molar refractivity (Wildman–Crippen MR) is 229 cm³/mol. The molecule has 0 aliphatic carbocycles. The van der Waals surface area contributed by atoms with E-state index in [0.717, 1.165) is 38.5 Å². The molecule has 0 spiro atoms. The molecule has 11 nitrogen and oxygen atoms in total. The number of aliphatic hydroxyl groups is 7. The topological polar surface area (TPSA) is 189 Å². The van der Waals surface area contributed by atoms with Crippen molar-refractivity contribution in [2.75, 3.05) is 13.2 Å². The minimum atomic E-state index is -1.65. The highest BCUT2D eigenvalue weighted by molar-refractivity contribution is 5.80. The monoisotopic (exact) mass is 818 g/mol. The zero-order chi connectivity index (χ0) is 41.9. The van der Waals surface area contributed by atoms with Gasteiger partial charge >= 0.3 is 0 Å². The van der Waals surface area contributed by atoms with E-state index < -0.39 is 74.2 Å². The normalized spacial score (nSPS) is 22.0. The number of amides is 1. The lowest BCUT2D eigenvalue weighted by atomic mass is 9.98. The van der Waals surface area contributed by atoms with Crippen LogP contribution >= 0.6 is 0 Å². The average Bonchev–Trinajstić information content (AvgIpc) is 3.21. The first-order chi connectivity index (χ1) is 27.7. The number of aliphatic hydroxyl groups excluding tert-OH is 7. The Bertz CT molecular complexity index is 897. The molecule has 57 heavy (non-hydrogen) atoms. The molecule has 8 N–H and O–H groups in total. The summed E-state index contributed by atoms with van der Waals surface area (Å²) in [7, 11) is 0. The van der Waals surface area contributed by atoms with E-state index in [1.54, 1.807) is 0 Å². The van der Waals surface area contributed by atoms with E-state index in [9.17, 15) is 40.5 Å². The van der Waals surface area contributed by atoms with Gasteiger partial charge < -0.3 is 50.5 Å². The maximum Gasteiger partial charge on any atom is 0.249 e. The molecule has 1 aliphatic rings. The summed E-state index contributed by atoms with van der Waals surface area (Å²) in [5.74, 6) is -0.694. The number of nitrogens with one attached hydrogen (secondary N) is 1. The van der Waals surface area contributed by atoms with Crippen LogP contribution in [0.5, 0.6) is 0 Å². The van der Waals surface area contributed by atoms with Gasteiger partial charge in [-0.05, 0) is 12.8 Å². The van der Waals surface area contributed by atoms with Crippen molar-refractivity contribution >= 4 is 5.91 Å². The highest BCUT2D eigenvalue weighted by Crippen LogP contribution is 2.23. The summed E-state index contributed by atoms with van der Waals surface area (Å²) in [6, 6.07) is -1.16. The third kappa shape index (κ3) is 26.8. The van der Waals surface area contributed by atoms with Crippen molar-refractivity contribution in [1.82, 2.24) is 5.32 Å². The standard InChI is InChI=1S/C46H91NO10/c1-3-5-7-9-11-13-15-16-17-18-19-20-21-22-23-24-26-28-30-32-34-39(50)45(55)47-37(36-56-46-44(54)43(53)42(52)40(35-48)57-46)41(51)38(49)33-31-29-27-25-14-12-10-8-6-4-2/h37-44,46,48-54H,3-36H2,1-2H3,(H,47,55)/t37-,38+,39+,40+,41-,42-,43-,44-,46+/m0/s1. The van der Waals surface area contributed by atoms with Crippen LogP contribution in [0.4, 0.5) is 0 Å². The van der Waals surface area contributed by atoms with Gasteiger partial charge in [0.2, 0.25) is 5.91 Å². The van der Waals surface area contributed by atoms with E-state index in [4.69, 9.17) is 9.47 Å². The maximum absolute atomic E-state index is 13.1. The zero-order valence-electron chi connectivity index (χ0n) is 36.6. The molecule has 9 atom stereocenters. The maximum atomic E-state index is 13.1. The number of carbonyl (C=O) groups is 1. The van der Waals surface area contributed by atoms with Gasteiger partial charge in [0.1, 0.15) is 36.6 Å². The second kappa shape index (κ2) is 36.9. The number of rotatable bonds is 40. The first-order valence-corrected chi connectivity index (χ1v) is 23.9. The smallest absolute Gasteiger partial charge is 0.249 e. The van der Waals surface area contributed by atoms with Gasteiger partial charge in [0, 0.05) is 0 Å². The minimum Gasteiger partial charge on any atom is -0.394 e. The van der Waals surface area contributed by atoms with E-state index in [0.29, 0.717) is 19.3 Å². The van der Waals surface area contributed by atoms with Gasteiger partial charge in [-0.1, -0.05) is 206 Å². The van der Waals surface area contributed by atoms with Crippen molar-refractivity contribution in [1.29, 1.82) is 0 Å². The summed E-state index contributed by atoms with van der Waals surface area (Å²) in [6.45, 7) is 3.43. The fourth-order valence-corrected chi connectivity index (χ4v) is 7.91. The molecule has 0 aromatic carbocycles. The average molecular weight is 818 g/mol. The molecule has 0 radical (unpaired) electrons. The molecular formula is C46H91NO10. The number of carbonyl (C=O) groups excluding carboxylic acids is 1. The molecule has 0 bridgehead atoms. The van der Waals surface area contributed by atoms with E-state index >= 15 is 0 Å². The van der Waals surface area contributed by atoms with Crippen LogP contribution in [0.15, 0.2) is 0 Å². The Labute approximate surface area is 348 Å². The van der Waals surface area contributed by atoms with E-state index in [-0.39, 0.29) is 6.42 Å². The van der Waals surface area contributed by atoms with E-state index in [2.05, 4.69) is 19.2 Å². The van der Waals surface area contributed by atoms with Gasteiger partial charge in [0.15, 0.2) is 6.29 Å². The van der Waals surface area contributed by atoms with Gasteiger partial charge in [0.05, 0.1) is 25.4 Å². The molecule has 1 rings (SSSR count). The van der Waals surface area contributed by atoms with Crippen molar-refractivity contribution < 1.29 is 50.0 Å². The molecule has 1 aliphatic heterocycles. The first-order valence-electron chi connectivity index (χ1n) is 23.9. The van der Waals surface area contributed by atoms with Crippen molar-refractivity contribution in [2.24, 2.45) is 0 Å². The second-order valence-corrected chi connectivity index (χ2v) is 17.2. The molecule has 1 saturated heterocycles. The summed E-state index contributed by atoms with van der Waals surface area (Å²) in [4.78, 5) is 13.1. The highest BCUT2D eigenvalue weighted by atomic mass is 16.7. The summed E-state index contributed by atoms with van der Waals surface area (Å²) < 4.78 is 11.1.